The van der Waals surface area contributed by atoms with E-state index in [9.17, 15) is 8.42 Å². The van der Waals surface area contributed by atoms with Crippen molar-refractivity contribution in [2.45, 2.75) is 42.4 Å². The molecule has 2 aromatic rings. The van der Waals surface area contributed by atoms with Gasteiger partial charge in [0.05, 0.1) is 4.90 Å². The van der Waals surface area contributed by atoms with Crippen molar-refractivity contribution in [2.24, 2.45) is 0 Å². The molecule has 1 saturated carbocycles. The molecule has 0 unspecified atom stereocenters. The summed E-state index contributed by atoms with van der Waals surface area (Å²) in [6.45, 7) is 0.447. The zero-order valence-electron chi connectivity index (χ0n) is 12.8. The van der Waals surface area contributed by atoms with E-state index in [0.29, 0.717) is 11.6 Å². The fourth-order valence-electron chi connectivity index (χ4n) is 3.27. The fraction of sp³-hybridized carbons (Fsp3) is 0.412. The van der Waals surface area contributed by atoms with Crippen LogP contribution in [0.1, 0.15) is 37.0 Å². The van der Waals surface area contributed by atoms with Gasteiger partial charge in [0.1, 0.15) is 0 Å². The van der Waals surface area contributed by atoms with Crippen LogP contribution < -0.4 is 4.72 Å². The van der Waals surface area contributed by atoms with Gasteiger partial charge in [-0.05, 0) is 42.5 Å². The number of halogens is 1. The van der Waals surface area contributed by atoms with Gasteiger partial charge in [-0.25, -0.2) is 13.1 Å². The number of nitrogens with one attached hydrogen (secondary N) is 1. The molecule has 1 aromatic carbocycles. The molecule has 3 nitrogen and oxygen atoms in total. The van der Waals surface area contributed by atoms with E-state index in [1.54, 1.807) is 29.5 Å². The van der Waals surface area contributed by atoms with Crippen molar-refractivity contribution in [1.82, 2.24) is 4.72 Å². The molecular formula is C17H20ClNO2S2. The SMILES string of the molecule is O=S(=O)(NCC1(c2cccs2)CCCCC1)c1cccc(Cl)c1. The molecule has 0 amide bonds. The van der Waals surface area contributed by atoms with E-state index in [4.69, 9.17) is 11.6 Å². The first kappa shape index (κ1) is 17.0. The summed E-state index contributed by atoms with van der Waals surface area (Å²) in [5.41, 5.74) is -0.0714. The lowest BCUT2D eigenvalue weighted by molar-refractivity contribution is 0.298. The second-order valence-corrected chi connectivity index (χ2v) is 9.25. The maximum Gasteiger partial charge on any atom is 0.240 e. The Labute approximate surface area is 146 Å². The number of hydrogen-bond acceptors (Lipinski definition) is 3. The van der Waals surface area contributed by atoms with Crippen molar-refractivity contribution >= 4 is 33.0 Å². The number of hydrogen-bond donors (Lipinski definition) is 1. The minimum atomic E-state index is -3.54. The third-order valence-corrected chi connectivity index (χ3v) is 7.31. The van der Waals surface area contributed by atoms with Crippen molar-refractivity contribution in [3.63, 3.8) is 0 Å². The molecule has 1 aliphatic rings. The summed E-state index contributed by atoms with van der Waals surface area (Å²) in [6, 6.07) is 10.6. The Morgan fingerprint density at radius 3 is 2.57 bits per heavy atom. The van der Waals surface area contributed by atoms with Crippen molar-refractivity contribution in [3.05, 3.63) is 51.7 Å². The molecular weight excluding hydrogens is 350 g/mol. The summed E-state index contributed by atoms with van der Waals surface area (Å²) in [5, 5.41) is 2.50. The average Bonchev–Trinajstić information content (AvgIpc) is 3.09. The van der Waals surface area contributed by atoms with Gasteiger partial charge in [0.15, 0.2) is 0 Å². The van der Waals surface area contributed by atoms with E-state index in [-0.39, 0.29) is 10.3 Å². The third-order valence-electron chi connectivity index (χ3n) is 4.56. The van der Waals surface area contributed by atoms with Crippen LogP contribution in [0.2, 0.25) is 5.02 Å². The highest BCUT2D eigenvalue weighted by molar-refractivity contribution is 7.89. The lowest BCUT2D eigenvalue weighted by Gasteiger charge is -2.36. The number of sulfonamides is 1. The molecule has 1 heterocycles. The Hall–Kier alpha value is -0.880. The van der Waals surface area contributed by atoms with Crippen LogP contribution >= 0.6 is 22.9 Å². The molecule has 1 fully saturated rings. The Bertz CT molecular complexity index is 751. The molecule has 0 spiro atoms. The van der Waals surface area contributed by atoms with Gasteiger partial charge >= 0.3 is 0 Å². The molecule has 124 valence electrons. The zero-order valence-corrected chi connectivity index (χ0v) is 15.2. The number of benzene rings is 1. The van der Waals surface area contributed by atoms with Gasteiger partial charge in [0, 0.05) is 21.9 Å². The first-order valence-electron chi connectivity index (χ1n) is 7.81. The Morgan fingerprint density at radius 1 is 1.13 bits per heavy atom. The van der Waals surface area contributed by atoms with Gasteiger partial charge in [-0.2, -0.15) is 0 Å². The standard InChI is InChI=1S/C17H20ClNO2S2/c18-14-6-4-7-15(12-14)23(20,21)19-13-17(9-2-1-3-10-17)16-8-5-11-22-16/h4-8,11-12,19H,1-3,9-10,13H2. The maximum absolute atomic E-state index is 12.6. The topological polar surface area (TPSA) is 46.2 Å². The van der Waals surface area contributed by atoms with Gasteiger partial charge < -0.3 is 0 Å². The Kier molecular flexibility index (Phi) is 5.11. The highest BCUT2D eigenvalue weighted by Crippen LogP contribution is 2.41. The highest BCUT2D eigenvalue weighted by atomic mass is 35.5. The molecule has 0 bridgehead atoms. The van der Waals surface area contributed by atoms with Crippen molar-refractivity contribution < 1.29 is 8.42 Å². The second kappa shape index (κ2) is 6.93. The van der Waals surface area contributed by atoms with E-state index in [2.05, 4.69) is 16.2 Å². The molecule has 1 aromatic heterocycles. The van der Waals surface area contributed by atoms with Crippen LogP contribution in [0.5, 0.6) is 0 Å². The Balaban J connectivity index is 1.82. The van der Waals surface area contributed by atoms with Gasteiger partial charge in [-0.15, -0.1) is 11.3 Å². The molecule has 3 rings (SSSR count). The molecule has 23 heavy (non-hydrogen) atoms. The molecule has 1 aliphatic carbocycles. The summed E-state index contributed by atoms with van der Waals surface area (Å²) < 4.78 is 28.0. The predicted octanol–water partition coefficient (Wildman–Crippen LogP) is 4.58. The van der Waals surface area contributed by atoms with Crippen LogP contribution in [0.4, 0.5) is 0 Å². The van der Waals surface area contributed by atoms with Crippen LogP contribution in [0, 0.1) is 0 Å². The second-order valence-electron chi connectivity index (χ2n) is 6.10. The lowest BCUT2D eigenvalue weighted by atomic mass is 9.73. The Morgan fingerprint density at radius 2 is 1.91 bits per heavy atom. The largest absolute Gasteiger partial charge is 0.240 e. The fourth-order valence-corrected chi connectivity index (χ4v) is 5.68. The lowest BCUT2D eigenvalue weighted by Crippen LogP contribution is -2.41. The van der Waals surface area contributed by atoms with E-state index in [1.807, 2.05) is 6.07 Å². The van der Waals surface area contributed by atoms with Crippen molar-refractivity contribution in [2.75, 3.05) is 6.54 Å². The normalized spacial score (nSPS) is 18.0. The van der Waals surface area contributed by atoms with Gasteiger partial charge in [-0.3, -0.25) is 0 Å². The van der Waals surface area contributed by atoms with E-state index >= 15 is 0 Å². The average molecular weight is 370 g/mol. The first-order chi connectivity index (χ1) is 11.0. The number of thiophene rings is 1. The summed E-state index contributed by atoms with van der Waals surface area (Å²) in [6.07, 6.45) is 5.60. The first-order valence-corrected chi connectivity index (χ1v) is 10.6. The van der Waals surface area contributed by atoms with Crippen LogP contribution in [0.25, 0.3) is 0 Å². The van der Waals surface area contributed by atoms with Crippen LogP contribution in [-0.2, 0) is 15.4 Å². The zero-order chi connectivity index (χ0) is 16.3. The van der Waals surface area contributed by atoms with Crippen LogP contribution in [0.3, 0.4) is 0 Å². The van der Waals surface area contributed by atoms with Crippen LogP contribution in [0.15, 0.2) is 46.7 Å². The molecule has 6 heteroatoms. The molecule has 0 atom stereocenters. The van der Waals surface area contributed by atoms with Gasteiger partial charge in [0.2, 0.25) is 10.0 Å². The molecule has 0 saturated heterocycles. The molecule has 1 N–H and O–H groups in total. The highest BCUT2D eigenvalue weighted by Gasteiger charge is 2.36. The van der Waals surface area contributed by atoms with Crippen molar-refractivity contribution in [3.8, 4) is 0 Å². The minimum absolute atomic E-state index is 0.0714. The van der Waals surface area contributed by atoms with Gasteiger partial charge in [0.25, 0.3) is 0 Å². The smallest absolute Gasteiger partial charge is 0.210 e. The summed E-state index contributed by atoms with van der Waals surface area (Å²) >= 11 is 7.64. The monoisotopic (exact) mass is 369 g/mol. The van der Waals surface area contributed by atoms with E-state index < -0.39 is 10.0 Å². The number of rotatable bonds is 5. The maximum atomic E-state index is 12.6. The summed E-state index contributed by atoms with van der Waals surface area (Å²) in [4.78, 5) is 1.51. The van der Waals surface area contributed by atoms with Crippen molar-refractivity contribution in [1.29, 1.82) is 0 Å². The van der Waals surface area contributed by atoms with E-state index in [1.165, 1.54) is 17.4 Å². The summed E-state index contributed by atoms with van der Waals surface area (Å²) in [5.74, 6) is 0. The quantitative estimate of drug-likeness (QED) is 0.838. The van der Waals surface area contributed by atoms with E-state index in [0.717, 1.165) is 25.7 Å². The van der Waals surface area contributed by atoms with Gasteiger partial charge in [-0.1, -0.05) is 43.0 Å². The third kappa shape index (κ3) is 3.79. The minimum Gasteiger partial charge on any atom is -0.210 e. The predicted molar refractivity (Wildman–Crippen MR) is 95.7 cm³/mol. The van der Waals surface area contributed by atoms with Crippen LogP contribution in [-0.4, -0.2) is 15.0 Å². The molecule has 0 radical (unpaired) electrons. The summed E-state index contributed by atoms with van der Waals surface area (Å²) in [7, 11) is -3.54. The molecule has 0 aliphatic heterocycles.